The number of ether oxygens (including phenoxy) is 1. The molecule has 0 radical (unpaired) electrons. The van der Waals surface area contributed by atoms with E-state index in [0.29, 0.717) is 5.75 Å². The number of hydrogen-bond acceptors (Lipinski definition) is 5. The minimum absolute atomic E-state index is 0.0156. The quantitative estimate of drug-likeness (QED) is 0.516. The summed E-state index contributed by atoms with van der Waals surface area (Å²) in [6, 6.07) is 18.8. The van der Waals surface area contributed by atoms with Crippen molar-refractivity contribution in [3.8, 4) is 22.6 Å². The van der Waals surface area contributed by atoms with Gasteiger partial charge in [-0.2, -0.15) is 0 Å². The number of amides is 1. The number of aromatic carboxylic acids is 1. The maximum absolute atomic E-state index is 13.0. The van der Waals surface area contributed by atoms with Crippen LogP contribution in [0.25, 0.3) is 11.1 Å². The van der Waals surface area contributed by atoms with Crippen LogP contribution in [0.2, 0.25) is 0 Å². The van der Waals surface area contributed by atoms with Crippen LogP contribution in [0.3, 0.4) is 0 Å². The van der Waals surface area contributed by atoms with Gasteiger partial charge in [0.2, 0.25) is 0 Å². The molecule has 7 nitrogen and oxygen atoms in total. The van der Waals surface area contributed by atoms with Crippen LogP contribution < -0.4 is 10.1 Å². The van der Waals surface area contributed by atoms with Crippen LogP contribution in [0.4, 0.5) is 5.69 Å². The van der Waals surface area contributed by atoms with Gasteiger partial charge < -0.3 is 25.2 Å². The molecule has 1 aliphatic heterocycles. The Morgan fingerprint density at radius 2 is 1.67 bits per heavy atom. The highest BCUT2D eigenvalue weighted by Gasteiger charge is 2.21. The number of anilines is 1. The summed E-state index contributed by atoms with van der Waals surface area (Å²) in [5, 5.41) is 22.5. The molecule has 1 saturated heterocycles. The molecule has 1 heterocycles. The summed E-state index contributed by atoms with van der Waals surface area (Å²) in [6.45, 7) is 1.87. The second-order valence-corrected chi connectivity index (χ2v) is 8.19. The zero-order chi connectivity index (χ0) is 23.4. The highest BCUT2D eigenvalue weighted by molar-refractivity contribution is 6.09. The predicted octanol–water partition coefficient (Wildman–Crippen LogP) is 4.48. The summed E-state index contributed by atoms with van der Waals surface area (Å²) in [5.41, 5.74) is 1.78. The van der Waals surface area contributed by atoms with Crippen molar-refractivity contribution in [2.24, 2.45) is 0 Å². The highest BCUT2D eigenvalue weighted by Crippen LogP contribution is 2.29. The first kappa shape index (κ1) is 22.4. The van der Waals surface area contributed by atoms with Crippen LogP contribution >= 0.6 is 0 Å². The van der Waals surface area contributed by atoms with E-state index in [2.05, 4.69) is 17.3 Å². The van der Waals surface area contributed by atoms with Gasteiger partial charge in [-0.3, -0.25) is 4.79 Å². The van der Waals surface area contributed by atoms with E-state index < -0.39 is 11.9 Å². The first-order valence-electron chi connectivity index (χ1n) is 10.8. The average Bonchev–Trinajstić information content (AvgIpc) is 2.82. The number of piperidine rings is 1. The summed E-state index contributed by atoms with van der Waals surface area (Å²) < 4.78 is 6.03. The largest absolute Gasteiger partial charge is 0.507 e. The fourth-order valence-electron chi connectivity index (χ4n) is 3.90. The molecule has 0 unspecified atom stereocenters. The van der Waals surface area contributed by atoms with Gasteiger partial charge >= 0.3 is 5.97 Å². The maximum atomic E-state index is 13.0. The number of nitrogens with zero attached hydrogens (tertiary/aromatic N) is 1. The van der Waals surface area contributed by atoms with Crippen LogP contribution in [0.15, 0.2) is 66.7 Å². The average molecular weight is 447 g/mol. The number of likely N-dealkylation sites (tertiary alicyclic amines) is 1. The lowest BCUT2D eigenvalue weighted by atomic mass is 10.0. The fourth-order valence-corrected chi connectivity index (χ4v) is 3.90. The van der Waals surface area contributed by atoms with E-state index in [4.69, 9.17) is 4.74 Å². The topological polar surface area (TPSA) is 99.1 Å². The van der Waals surface area contributed by atoms with Crippen molar-refractivity contribution in [1.82, 2.24) is 4.90 Å². The second-order valence-electron chi connectivity index (χ2n) is 8.19. The molecule has 3 aromatic carbocycles. The molecule has 1 aliphatic rings. The maximum Gasteiger partial charge on any atom is 0.337 e. The predicted molar refractivity (Wildman–Crippen MR) is 126 cm³/mol. The normalized spacial score (nSPS) is 14.6. The third kappa shape index (κ3) is 5.32. The van der Waals surface area contributed by atoms with E-state index in [1.54, 1.807) is 18.2 Å². The lowest BCUT2D eigenvalue weighted by Gasteiger charge is -2.29. The molecule has 4 rings (SSSR count). The molecular weight excluding hydrogens is 420 g/mol. The minimum atomic E-state index is -1.16. The number of phenols is 1. The van der Waals surface area contributed by atoms with E-state index in [-0.39, 0.29) is 28.7 Å². The Balaban J connectivity index is 1.58. The number of aromatic hydroxyl groups is 1. The summed E-state index contributed by atoms with van der Waals surface area (Å²) in [7, 11) is 2.07. The van der Waals surface area contributed by atoms with Gasteiger partial charge in [-0.15, -0.1) is 0 Å². The van der Waals surface area contributed by atoms with Crippen molar-refractivity contribution in [2.75, 3.05) is 25.5 Å². The van der Waals surface area contributed by atoms with Gasteiger partial charge in [-0.1, -0.05) is 36.4 Å². The van der Waals surface area contributed by atoms with Gasteiger partial charge in [0.1, 0.15) is 17.6 Å². The number of benzene rings is 3. The second kappa shape index (κ2) is 9.75. The van der Waals surface area contributed by atoms with Crippen molar-refractivity contribution < 1.29 is 24.5 Å². The van der Waals surface area contributed by atoms with Crippen molar-refractivity contribution in [1.29, 1.82) is 0 Å². The molecule has 3 N–H and O–H groups in total. The van der Waals surface area contributed by atoms with Crippen LogP contribution in [0, 0.1) is 0 Å². The minimum Gasteiger partial charge on any atom is -0.507 e. The van der Waals surface area contributed by atoms with Crippen LogP contribution in [0.1, 0.15) is 33.6 Å². The molecule has 0 atom stereocenters. The fraction of sp³-hybridized carbons (Fsp3) is 0.231. The molecule has 1 fully saturated rings. The van der Waals surface area contributed by atoms with E-state index in [9.17, 15) is 19.8 Å². The molecule has 33 heavy (non-hydrogen) atoms. The smallest absolute Gasteiger partial charge is 0.337 e. The monoisotopic (exact) mass is 446 g/mol. The van der Waals surface area contributed by atoms with Gasteiger partial charge in [0, 0.05) is 13.1 Å². The van der Waals surface area contributed by atoms with E-state index >= 15 is 0 Å². The highest BCUT2D eigenvalue weighted by atomic mass is 16.5. The van der Waals surface area contributed by atoms with Gasteiger partial charge in [-0.25, -0.2) is 4.79 Å². The van der Waals surface area contributed by atoms with E-state index in [0.717, 1.165) is 37.1 Å². The Hall–Kier alpha value is -3.84. The van der Waals surface area contributed by atoms with Crippen molar-refractivity contribution >= 4 is 17.6 Å². The summed E-state index contributed by atoms with van der Waals surface area (Å²) in [4.78, 5) is 27.0. The van der Waals surface area contributed by atoms with E-state index in [1.165, 1.54) is 18.2 Å². The number of carbonyl (C=O) groups is 2. The molecule has 0 aliphatic carbocycles. The Labute approximate surface area is 192 Å². The standard InChI is InChI=1S/C26H26N2O5/c1-28-13-11-19(12-14-28)33-20-8-10-24(29)22(16-20)25(30)27-23-15-18(7-9-21(23)26(31)32)17-5-3-2-4-6-17/h2-10,15-16,19,29H,11-14H2,1H3,(H,27,30)(H,31,32). The number of carboxylic acid groups (broad SMARTS) is 1. The number of hydrogen-bond donors (Lipinski definition) is 3. The molecule has 170 valence electrons. The zero-order valence-electron chi connectivity index (χ0n) is 18.3. The molecule has 0 bridgehead atoms. The number of carboxylic acids is 1. The van der Waals surface area contributed by atoms with Crippen molar-refractivity contribution in [2.45, 2.75) is 18.9 Å². The number of nitrogens with one attached hydrogen (secondary N) is 1. The SMILES string of the molecule is CN1CCC(Oc2ccc(O)c(C(=O)Nc3cc(-c4ccccc4)ccc3C(=O)O)c2)CC1. The summed E-state index contributed by atoms with van der Waals surface area (Å²) in [5.74, 6) is -1.49. The number of phenolic OH excluding ortho intramolecular Hbond substituents is 1. The first-order chi connectivity index (χ1) is 15.9. The molecule has 7 heteroatoms. The van der Waals surface area contributed by atoms with Gasteiger partial charge in [0.15, 0.2) is 0 Å². The molecule has 0 spiro atoms. The summed E-state index contributed by atoms with van der Waals surface area (Å²) >= 11 is 0. The van der Waals surface area contributed by atoms with E-state index in [1.807, 2.05) is 30.3 Å². The van der Waals surface area contributed by atoms with Gasteiger partial charge in [0.05, 0.1) is 16.8 Å². The van der Waals surface area contributed by atoms with Crippen LogP contribution in [-0.4, -0.2) is 53.2 Å². The molecule has 0 saturated carbocycles. The van der Waals surface area contributed by atoms with Gasteiger partial charge in [-0.05, 0) is 61.3 Å². The Kier molecular flexibility index (Phi) is 6.60. The Morgan fingerprint density at radius 1 is 0.939 bits per heavy atom. The molecule has 0 aromatic heterocycles. The Bertz CT molecular complexity index is 1150. The van der Waals surface area contributed by atoms with Crippen LogP contribution in [-0.2, 0) is 0 Å². The zero-order valence-corrected chi connectivity index (χ0v) is 18.3. The third-order valence-electron chi connectivity index (χ3n) is 5.79. The number of rotatable bonds is 6. The summed E-state index contributed by atoms with van der Waals surface area (Å²) in [6.07, 6.45) is 1.81. The lowest BCUT2D eigenvalue weighted by molar-refractivity contribution is 0.0698. The lowest BCUT2D eigenvalue weighted by Crippen LogP contribution is -2.35. The van der Waals surface area contributed by atoms with Gasteiger partial charge in [0.25, 0.3) is 5.91 Å². The molecular formula is C26H26N2O5. The Morgan fingerprint density at radius 3 is 2.36 bits per heavy atom. The van der Waals surface area contributed by atoms with Crippen molar-refractivity contribution in [3.63, 3.8) is 0 Å². The molecule has 1 amide bonds. The van der Waals surface area contributed by atoms with Crippen molar-refractivity contribution in [3.05, 3.63) is 77.9 Å². The number of carbonyl (C=O) groups excluding carboxylic acids is 1. The molecule has 3 aromatic rings. The van der Waals surface area contributed by atoms with Crippen LogP contribution in [0.5, 0.6) is 11.5 Å². The first-order valence-corrected chi connectivity index (χ1v) is 10.8. The third-order valence-corrected chi connectivity index (χ3v) is 5.79.